The number of hydrogen-bond acceptors (Lipinski definition) is 4. The minimum atomic E-state index is -4.39. The maximum atomic E-state index is 9.97. The van der Waals surface area contributed by atoms with E-state index in [1.54, 1.807) is 0 Å². The maximum absolute atomic E-state index is 9.97. The lowest BCUT2D eigenvalue weighted by molar-refractivity contribution is 0.187. The van der Waals surface area contributed by atoms with Gasteiger partial charge in [-0.1, -0.05) is 0 Å². The fourth-order valence-corrected chi connectivity index (χ4v) is 0.973. The van der Waals surface area contributed by atoms with Gasteiger partial charge in [-0.2, -0.15) is 0 Å². The van der Waals surface area contributed by atoms with Crippen LogP contribution >= 0.6 is 20.5 Å². The smallest absolute Gasteiger partial charge is 0.327 e. The molecule has 0 saturated heterocycles. The molecule has 0 rings (SSSR count). The van der Waals surface area contributed by atoms with Gasteiger partial charge in [-0.15, -0.1) is 12.6 Å². The van der Waals surface area contributed by atoms with Gasteiger partial charge in [0.1, 0.15) is 5.44 Å². The predicted molar refractivity (Wildman–Crippen MR) is 35.0 cm³/mol. The van der Waals surface area contributed by atoms with Crippen LogP contribution in [0.2, 0.25) is 0 Å². The molecule has 0 aromatic carbocycles. The van der Waals surface area contributed by atoms with Crippen molar-refractivity contribution in [3.63, 3.8) is 0 Å². The molecule has 0 radical (unpaired) electrons. The van der Waals surface area contributed by atoms with Crippen molar-refractivity contribution in [3.05, 3.63) is 0 Å². The molecule has 7 heteroatoms. The Bertz CT molecular complexity index is 124. The molecule has 0 aliphatic heterocycles. The van der Waals surface area contributed by atoms with Crippen LogP contribution in [0.4, 0.5) is 0 Å². The minimum absolute atomic E-state index is 0.0335. The minimum Gasteiger partial charge on any atom is -0.327 e. The molecule has 4 N–H and O–H groups in total. The SMILES string of the molecule is NCC(S)OP(=O)(O)O. The summed E-state index contributed by atoms with van der Waals surface area (Å²) in [6.07, 6.45) is 0. The van der Waals surface area contributed by atoms with E-state index in [4.69, 9.17) is 15.5 Å². The molecule has 0 spiro atoms. The van der Waals surface area contributed by atoms with Gasteiger partial charge in [-0.3, -0.25) is 4.52 Å². The standard InChI is InChI=1S/C2H8NO4PS/c3-1-2(9)7-8(4,5)6/h2,9H,1,3H2,(H2,4,5,6). The average Bonchev–Trinajstić information content (AvgIpc) is 1.62. The van der Waals surface area contributed by atoms with Crippen molar-refractivity contribution in [3.8, 4) is 0 Å². The Balaban J connectivity index is 3.60. The molecule has 0 aliphatic rings. The van der Waals surface area contributed by atoms with Crippen LogP contribution in [0.25, 0.3) is 0 Å². The Morgan fingerprint density at radius 1 is 1.78 bits per heavy atom. The van der Waals surface area contributed by atoms with E-state index in [1.165, 1.54) is 0 Å². The third-order valence-corrected chi connectivity index (χ3v) is 1.47. The first kappa shape index (κ1) is 9.42. The average molecular weight is 173 g/mol. The molecule has 1 unspecified atom stereocenters. The highest BCUT2D eigenvalue weighted by Gasteiger charge is 2.17. The molecule has 0 aliphatic carbocycles. The van der Waals surface area contributed by atoms with E-state index in [-0.39, 0.29) is 6.54 Å². The zero-order valence-electron chi connectivity index (χ0n) is 4.47. The molecule has 0 heterocycles. The van der Waals surface area contributed by atoms with E-state index in [2.05, 4.69) is 17.2 Å². The summed E-state index contributed by atoms with van der Waals surface area (Å²) in [4.78, 5) is 16.2. The molecule has 9 heavy (non-hydrogen) atoms. The van der Waals surface area contributed by atoms with Crippen LogP contribution in [0.1, 0.15) is 0 Å². The normalized spacial score (nSPS) is 15.6. The maximum Gasteiger partial charge on any atom is 0.470 e. The molecule has 5 nitrogen and oxygen atoms in total. The fourth-order valence-electron chi connectivity index (χ4n) is 0.202. The summed E-state index contributed by atoms with van der Waals surface area (Å²) in [6, 6.07) is 0. The second-order valence-electron chi connectivity index (χ2n) is 1.29. The van der Waals surface area contributed by atoms with E-state index in [0.29, 0.717) is 0 Å². The zero-order valence-corrected chi connectivity index (χ0v) is 6.26. The first-order valence-electron chi connectivity index (χ1n) is 2.08. The molecular weight excluding hydrogens is 165 g/mol. The first-order chi connectivity index (χ1) is 3.95. The van der Waals surface area contributed by atoms with Crippen molar-refractivity contribution in [1.29, 1.82) is 0 Å². The van der Waals surface area contributed by atoms with E-state index < -0.39 is 13.3 Å². The summed E-state index contributed by atoms with van der Waals surface area (Å²) in [5, 5.41) is 0. The third-order valence-electron chi connectivity index (χ3n) is 0.461. The lowest BCUT2D eigenvalue weighted by Gasteiger charge is -2.08. The summed E-state index contributed by atoms with van der Waals surface area (Å²) < 4.78 is 14.0. The van der Waals surface area contributed by atoms with Crippen LogP contribution in [-0.2, 0) is 9.09 Å². The molecule has 1 atom stereocenters. The van der Waals surface area contributed by atoms with Gasteiger partial charge in [0.05, 0.1) is 0 Å². The van der Waals surface area contributed by atoms with Crippen LogP contribution in [0.15, 0.2) is 0 Å². The van der Waals surface area contributed by atoms with Gasteiger partial charge in [-0.05, 0) is 0 Å². The highest BCUT2D eigenvalue weighted by Crippen LogP contribution is 2.37. The Morgan fingerprint density at radius 3 is 2.33 bits per heavy atom. The summed E-state index contributed by atoms with van der Waals surface area (Å²) in [5.74, 6) is 0. The predicted octanol–water partition coefficient (Wildman–Crippen LogP) is -0.690. The molecule has 56 valence electrons. The first-order valence-corrected chi connectivity index (χ1v) is 4.12. The summed E-state index contributed by atoms with van der Waals surface area (Å²) in [6.45, 7) is -0.0335. The molecular formula is C2H8NO4PS. The van der Waals surface area contributed by atoms with Crippen LogP contribution in [0.5, 0.6) is 0 Å². The van der Waals surface area contributed by atoms with Gasteiger partial charge < -0.3 is 15.5 Å². The topological polar surface area (TPSA) is 92.8 Å². The lowest BCUT2D eigenvalue weighted by Crippen LogP contribution is -2.16. The molecule has 0 aromatic heterocycles. The van der Waals surface area contributed by atoms with Crippen LogP contribution in [0, 0.1) is 0 Å². The Morgan fingerprint density at radius 2 is 2.22 bits per heavy atom. The quantitative estimate of drug-likeness (QED) is 0.257. The van der Waals surface area contributed by atoms with Crippen LogP contribution in [-0.4, -0.2) is 21.8 Å². The van der Waals surface area contributed by atoms with Gasteiger partial charge >= 0.3 is 7.82 Å². The van der Waals surface area contributed by atoms with E-state index in [9.17, 15) is 4.57 Å². The van der Waals surface area contributed by atoms with Gasteiger partial charge in [-0.25, -0.2) is 4.57 Å². The van der Waals surface area contributed by atoms with Gasteiger partial charge in [0.15, 0.2) is 0 Å². The Labute approximate surface area is 57.9 Å². The van der Waals surface area contributed by atoms with Crippen molar-refractivity contribution >= 4 is 20.5 Å². The number of rotatable bonds is 3. The van der Waals surface area contributed by atoms with E-state index >= 15 is 0 Å². The fraction of sp³-hybridized carbons (Fsp3) is 1.00. The van der Waals surface area contributed by atoms with E-state index in [1.807, 2.05) is 0 Å². The number of phosphoric acid groups is 1. The molecule has 0 bridgehead atoms. The molecule has 0 saturated carbocycles. The van der Waals surface area contributed by atoms with Gasteiger partial charge in [0, 0.05) is 6.54 Å². The monoisotopic (exact) mass is 173 g/mol. The lowest BCUT2D eigenvalue weighted by atomic mass is 10.7. The number of nitrogens with two attached hydrogens (primary N) is 1. The van der Waals surface area contributed by atoms with Crippen LogP contribution < -0.4 is 5.73 Å². The summed E-state index contributed by atoms with van der Waals surface area (Å²) in [7, 11) is -4.39. The van der Waals surface area contributed by atoms with Crippen molar-refractivity contribution in [2.24, 2.45) is 5.73 Å². The third kappa shape index (κ3) is 6.30. The molecule has 0 amide bonds. The summed E-state index contributed by atoms with van der Waals surface area (Å²) in [5.41, 5.74) is 4.04. The van der Waals surface area contributed by atoms with Crippen molar-refractivity contribution < 1.29 is 18.9 Å². The van der Waals surface area contributed by atoms with Crippen molar-refractivity contribution in [2.45, 2.75) is 5.44 Å². The Kier molecular flexibility index (Phi) is 3.72. The number of phosphoric ester groups is 1. The highest BCUT2D eigenvalue weighted by molar-refractivity contribution is 7.81. The van der Waals surface area contributed by atoms with E-state index in [0.717, 1.165) is 0 Å². The second kappa shape index (κ2) is 3.55. The zero-order chi connectivity index (χ0) is 7.49. The largest absolute Gasteiger partial charge is 0.470 e. The summed E-state index contributed by atoms with van der Waals surface area (Å²) >= 11 is 3.58. The van der Waals surface area contributed by atoms with Crippen molar-refractivity contribution in [2.75, 3.05) is 6.54 Å². The highest BCUT2D eigenvalue weighted by atomic mass is 32.1. The second-order valence-corrected chi connectivity index (χ2v) is 3.05. The molecule has 0 aromatic rings. The Hall–Kier alpha value is 0.420. The molecule has 0 fully saturated rings. The van der Waals surface area contributed by atoms with Crippen molar-refractivity contribution in [1.82, 2.24) is 0 Å². The van der Waals surface area contributed by atoms with Gasteiger partial charge in [0.2, 0.25) is 0 Å². The number of hydrogen-bond donors (Lipinski definition) is 4. The van der Waals surface area contributed by atoms with Crippen LogP contribution in [0.3, 0.4) is 0 Å². The number of thiol groups is 1. The van der Waals surface area contributed by atoms with Gasteiger partial charge in [0.25, 0.3) is 0 Å².